The summed E-state index contributed by atoms with van der Waals surface area (Å²) in [5.74, 6) is 0.307. The van der Waals surface area contributed by atoms with Crippen LogP contribution >= 0.6 is 0 Å². The van der Waals surface area contributed by atoms with Gasteiger partial charge in [0.15, 0.2) is 5.43 Å². The van der Waals surface area contributed by atoms with E-state index in [2.05, 4.69) is 26.0 Å². The van der Waals surface area contributed by atoms with Gasteiger partial charge in [0, 0.05) is 6.54 Å². The molecule has 4 aromatic rings. The minimum absolute atomic E-state index is 0.132. The molecule has 0 saturated carbocycles. The Kier molecular flexibility index (Phi) is 5.16. The summed E-state index contributed by atoms with van der Waals surface area (Å²) in [6.07, 6.45) is 0. The van der Waals surface area contributed by atoms with E-state index >= 15 is 0 Å². The van der Waals surface area contributed by atoms with E-state index in [0.29, 0.717) is 29.0 Å². The van der Waals surface area contributed by atoms with Crippen molar-refractivity contribution >= 4 is 16.9 Å². The number of rotatable bonds is 4. The summed E-state index contributed by atoms with van der Waals surface area (Å²) in [5, 5.41) is 0.516. The fourth-order valence-electron chi connectivity index (χ4n) is 4.60. The smallest absolute Gasteiger partial charge is 0.291 e. The quantitative estimate of drug-likeness (QED) is 0.378. The molecule has 1 unspecified atom stereocenters. The Bertz CT molecular complexity index is 1410. The number of carbonyl (C=O) groups excluding carboxylic acids is 1. The van der Waals surface area contributed by atoms with Gasteiger partial charge in [0.05, 0.1) is 17.0 Å². The summed E-state index contributed by atoms with van der Waals surface area (Å²) >= 11 is 0. The molecule has 4 nitrogen and oxygen atoms in total. The monoisotopic (exact) mass is 437 g/mol. The summed E-state index contributed by atoms with van der Waals surface area (Å²) < 4.78 is 6.06. The molecule has 4 heteroatoms. The van der Waals surface area contributed by atoms with Crippen LogP contribution in [0.25, 0.3) is 11.0 Å². The number of amides is 1. The summed E-state index contributed by atoms with van der Waals surface area (Å²) in [7, 11) is 0. The molecule has 166 valence electrons. The van der Waals surface area contributed by atoms with E-state index in [0.717, 1.165) is 22.3 Å². The average molecular weight is 438 g/mol. The Balaban J connectivity index is 1.69. The maximum absolute atomic E-state index is 13.7. The third-order valence-electron chi connectivity index (χ3n) is 6.51. The number of fused-ring (bicyclic) bond motifs is 2. The summed E-state index contributed by atoms with van der Waals surface area (Å²) in [5.41, 5.74) is 6.03. The van der Waals surface area contributed by atoms with E-state index in [-0.39, 0.29) is 17.1 Å². The van der Waals surface area contributed by atoms with Gasteiger partial charge in [-0.05, 0) is 48.6 Å². The minimum Gasteiger partial charge on any atom is -0.450 e. The largest absolute Gasteiger partial charge is 0.450 e. The van der Waals surface area contributed by atoms with Crippen molar-refractivity contribution in [3.8, 4) is 0 Å². The van der Waals surface area contributed by atoms with E-state index < -0.39 is 6.04 Å². The van der Waals surface area contributed by atoms with Crippen molar-refractivity contribution in [2.75, 3.05) is 0 Å². The first kappa shape index (κ1) is 21.2. The molecule has 0 saturated heterocycles. The molecule has 2 heterocycles. The highest BCUT2D eigenvalue weighted by Crippen LogP contribution is 2.39. The van der Waals surface area contributed by atoms with Crippen LogP contribution in [0.2, 0.25) is 0 Å². The number of carbonyl (C=O) groups is 1. The normalized spacial score (nSPS) is 15.5. The SMILES string of the molecule is Cc1ccc(CN2C(=O)c3oc4ccc(C)cc4c(=O)c3C2c2ccc(C(C)C)cc2)cc1. The second-order valence-electron chi connectivity index (χ2n) is 9.32. The minimum atomic E-state index is -0.490. The van der Waals surface area contributed by atoms with Crippen molar-refractivity contribution in [2.45, 2.75) is 46.2 Å². The summed E-state index contributed by atoms with van der Waals surface area (Å²) in [6, 6.07) is 21.4. The standard InChI is InChI=1S/C29H27NO3/c1-17(2)21-10-12-22(13-11-21)26-25-27(31)23-15-19(4)7-14-24(23)33-28(25)29(32)30(26)16-20-8-5-18(3)6-9-20/h5-15,17,26H,16H2,1-4H3. The molecule has 1 amide bonds. The summed E-state index contributed by atoms with van der Waals surface area (Å²) in [4.78, 5) is 29.0. The van der Waals surface area contributed by atoms with Gasteiger partial charge in [-0.1, -0.05) is 79.6 Å². The van der Waals surface area contributed by atoms with Crippen LogP contribution in [0, 0.1) is 13.8 Å². The average Bonchev–Trinajstić information content (AvgIpc) is 3.08. The Morgan fingerprint density at radius 3 is 2.21 bits per heavy atom. The molecule has 3 aromatic carbocycles. The van der Waals surface area contributed by atoms with Gasteiger partial charge in [-0.25, -0.2) is 0 Å². The molecule has 0 bridgehead atoms. The number of aryl methyl sites for hydroxylation is 2. The Morgan fingerprint density at radius 2 is 1.55 bits per heavy atom. The van der Waals surface area contributed by atoms with Crippen molar-refractivity contribution in [1.82, 2.24) is 4.90 Å². The van der Waals surface area contributed by atoms with Crippen LogP contribution in [0.5, 0.6) is 0 Å². The highest BCUT2D eigenvalue weighted by Gasteiger charge is 2.42. The zero-order valence-corrected chi connectivity index (χ0v) is 19.4. The molecule has 0 N–H and O–H groups in total. The van der Waals surface area contributed by atoms with Gasteiger partial charge < -0.3 is 9.32 Å². The van der Waals surface area contributed by atoms with Gasteiger partial charge in [-0.2, -0.15) is 0 Å². The molecule has 1 aromatic heterocycles. The van der Waals surface area contributed by atoms with Crippen LogP contribution in [0.3, 0.4) is 0 Å². The van der Waals surface area contributed by atoms with E-state index in [9.17, 15) is 9.59 Å². The lowest BCUT2D eigenvalue weighted by molar-refractivity contribution is 0.0714. The molecule has 33 heavy (non-hydrogen) atoms. The lowest BCUT2D eigenvalue weighted by Gasteiger charge is -2.25. The molecule has 1 aliphatic heterocycles. The Morgan fingerprint density at radius 1 is 0.879 bits per heavy atom. The topological polar surface area (TPSA) is 50.5 Å². The molecule has 0 radical (unpaired) electrons. The second-order valence-corrected chi connectivity index (χ2v) is 9.32. The van der Waals surface area contributed by atoms with Crippen LogP contribution in [0.1, 0.15) is 69.7 Å². The fraction of sp³-hybridized carbons (Fsp3) is 0.241. The van der Waals surface area contributed by atoms with Crippen molar-refractivity contribution in [3.05, 3.63) is 116 Å². The molecular formula is C29H27NO3. The first-order valence-corrected chi connectivity index (χ1v) is 11.4. The van der Waals surface area contributed by atoms with Crippen molar-refractivity contribution in [2.24, 2.45) is 0 Å². The Hall–Kier alpha value is -3.66. The maximum Gasteiger partial charge on any atom is 0.291 e. The van der Waals surface area contributed by atoms with Crippen LogP contribution in [-0.4, -0.2) is 10.8 Å². The van der Waals surface area contributed by atoms with E-state index in [1.165, 1.54) is 5.56 Å². The highest BCUT2D eigenvalue weighted by atomic mass is 16.3. The molecule has 5 rings (SSSR count). The van der Waals surface area contributed by atoms with Gasteiger partial charge in [0.25, 0.3) is 5.91 Å². The van der Waals surface area contributed by atoms with Gasteiger partial charge in [0.2, 0.25) is 5.76 Å². The lowest BCUT2D eigenvalue weighted by Crippen LogP contribution is -2.29. The Labute approximate surface area is 193 Å². The van der Waals surface area contributed by atoms with Crippen LogP contribution in [-0.2, 0) is 6.54 Å². The second kappa shape index (κ2) is 8.04. The highest BCUT2D eigenvalue weighted by molar-refractivity contribution is 5.99. The number of hydrogen-bond acceptors (Lipinski definition) is 3. The zero-order chi connectivity index (χ0) is 23.3. The van der Waals surface area contributed by atoms with E-state index in [4.69, 9.17) is 4.42 Å². The predicted molar refractivity (Wildman–Crippen MR) is 131 cm³/mol. The third-order valence-corrected chi connectivity index (χ3v) is 6.51. The molecule has 0 spiro atoms. The number of benzene rings is 3. The lowest BCUT2D eigenvalue weighted by atomic mass is 9.95. The molecular weight excluding hydrogens is 410 g/mol. The summed E-state index contributed by atoms with van der Waals surface area (Å²) in [6.45, 7) is 8.68. The van der Waals surface area contributed by atoms with Gasteiger partial charge in [-0.15, -0.1) is 0 Å². The van der Waals surface area contributed by atoms with Gasteiger partial charge in [-0.3, -0.25) is 9.59 Å². The maximum atomic E-state index is 13.7. The molecule has 1 atom stereocenters. The van der Waals surface area contributed by atoms with Crippen molar-refractivity contribution in [3.63, 3.8) is 0 Å². The van der Waals surface area contributed by atoms with Crippen LogP contribution in [0.4, 0.5) is 0 Å². The first-order valence-electron chi connectivity index (χ1n) is 11.4. The fourth-order valence-corrected chi connectivity index (χ4v) is 4.60. The third kappa shape index (κ3) is 3.66. The first-order chi connectivity index (χ1) is 15.8. The van der Waals surface area contributed by atoms with E-state index in [1.807, 2.05) is 62.4 Å². The molecule has 1 aliphatic rings. The van der Waals surface area contributed by atoms with Crippen LogP contribution in [0.15, 0.2) is 75.9 Å². The van der Waals surface area contributed by atoms with Gasteiger partial charge in [0.1, 0.15) is 5.58 Å². The molecule has 0 fully saturated rings. The zero-order valence-electron chi connectivity index (χ0n) is 19.4. The van der Waals surface area contributed by atoms with Crippen molar-refractivity contribution in [1.29, 1.82) is 0 Å². The predicted octanol–water partition coefficient (Wildman–Crippen LogP) is 6.28. The number of nitrogens with zero attached hydrogens (tertiary/aromatic N) is 1. The van der Waals surface area contributed by atoms with Crippen LogP contribution < -0.4 is 5.43 Å². The number of hydrogen-bond donors (Lipinski definition) is 0. The van der Waals surface area contributed by atoms with E-state index in [1.54, 1.807) is 11.0 Å². The van der Waals surface area contributed by atoms with Crippen molar-refractivity contribution < 1.29 is 9.21 Å². The van der Waals surface area contributed by atoms with Gasteiger partial charge >= 0.3 is 0 Å². The molecule has 0 aliphatic carbocycles.